The molecule has 0 unspecified atom stereocenters. The van der Waals surface area contributed by atoms with Crippen molar-refractivity contribution in [3.63, 3.8) is 0 Å². The van der Waals surface area contributed by atoms with Gasteiger partial charge in [0.15, 0.2) is 0 Å². The van der Waals surface area contributed by atoms with Crippen LogP contribution in [-0.2, 0) is 16.6 Å². The quantitative estimate of drug-likeness (QED) is 0.619. The fourth-order valence-electron chi connectivity index (χ4n) is 2.52. The standard InChI is InChI=1S/C19H20ClN3O4S/c1-12(2)13-4-6-14(7-5-13)19-22-18(27-23-19)11-21-28(24,25)15-8-9-17(26-3)16(20)10-15/h4-10,12,21H,11H2,1-3H3. The highest BCUT2D eigenvalue weighted by Gasteiger charge is 2.18. The van der Waals surface area contributed by atoms with Crippen LogP contribution in [0.1, 0.15) is 31.2 Å². The lowest BCUT2D eigenvalue weighted by Gasteiger charge is -2.07. The van der Waals surface area contributed by atoms with Crippen LogP contribution in [-0.4, -0.2) is 25.7 Å². The summed E-state index contributed by atoms with van der Waals surface area (Å²) in [4.78, 5) is 4.26. The Hall–Kier alpha value is -2.42. The van der Waals surface area contributed by atoms with Crippen LogP contribution in [0, 0.1) is 0 Å². The van der Waals surface area contributed by atoms with Crippen molar-refractivity contribution in [1.82, 2.24) is 14.9 Å². The van der Waals surface area contributed by atoms with E-state index in [1.165, 1.54) is 30.9 Å². The lowest BCUT2D eigenvalue weighted by Crippen LogP contribution is -2.23. The Morgan fingerprint density at radius 1 is 1.18 bits per heavy atom. The van der Waals surface area contributed by atoms with Gasteiger partial charge in [0.25, 0.3) is 0 Å². The molecule has 1 heterocycles. The maximum Gasteiger partial charge on any atom is 0.242 e. The summed E-state index contributed by atoms with van der Waals surface area (Å²) in [5.74, 6) is 1.38. The predicted octanol–water partition coefficient (Wildman–Crippen LogP) is 4.00. The van der Waals surface area contributed by atoms with Crippen LogP contribution in [0.2, 0.25) is 5.02 Å². The van der Waals surface area contributed by atoms with Crippen LogP contribution in [0.4, 0.5) is 0 Å². The molecule has 148 valence electrons. The Bertz CT molecular complexity index is 1060. The minimum atomic E-state index is -3.79. The predicted molar refractivity (Wildman–Crippen MR) is 106 cm³/mol. The summed E-state index contributed by atoms with van der Waals surface area (Å²) in [6.07, 6.45) is 0. The number of benzene rings is 2. The Kier molecular flexibility index (Phi) is 6.02. The second kappa shape index (κ2) is 8.30. The van der Waals surface area contributed by atoms with Crippen molar-refractivity contribution in [2.45, 2.75) is 31.2 Å². The van der Waals surface area contributed by atoms with E-state index in [9.17, 15) is 8.42 Å². The van der Waals surface area contributed by atoms with Gasteiger partial charge < -0.3 is 9.26 Å². The number of nitrogens with zero attached hydrogens (tertiary/aromatic N) is 2. The van der Waals surface area contributed by atoms with E-state index < -0.39 is 10.0 Å². The van der Waals surface area contributed by atoms with Crippen molar-refractivity contribution in [3.8, 4) is 17.1 Å². The van der Waals surface area contributed by atoms with Crippen molar-refractivity contribution >= 4 is 21.6 Å². The molecule has 2 aromatic carbocycles. The molecule has 0 fully saturated rings. The van der Waals surface area contributed by atoms with Gasteiger partial charge in [-0.15, -0.1) is 0 Å². The van der Waals surface area contributed by atoms with Crippen LogP contribution < -0.4 is 9.46 Å². The third-order valence-corrected chi connectivity index (χ3v) is 5.84. The van der Waals surface area contributed by atoms with Gasteiger partial charge in [0.05, 0.1) is 23.6 Å². The molecule has 3 rings (SSSR count). The molecule has 3 aromatic rings. The third kappa shape index (κ3) is 4.52. The van der Waals surface area contributed by atoms with E-state index in [2.05, 4.69) is 28.7 Å². The zero-order chi connectivity index (χ0) is 20.3. The van der Waals surface area contributed by atoms with Gasteiger partial charge in [-0.1, -0.05) is 54.9 Å². The molecule has 0 aliphatic carbocycles. The molecule has 0 bridgehead atoms. The molecular weight excluding hydrogens is 402 g/mol. The number of hydrogen-bond acceptors (Lipinski definition) is 6. The summed E-state index contributed by atoms with van der Waals surface area (Å²) in [6, 6.07) is 12.0. The van der Waals surface area contributed by atoms with E-state index in [-0.39, 0.29) is 22.4 Å². The van der Waals surface area contributed by atoms with Gasteiger partial charge in [-0.3, -0.25) is 0 Å². The summed E-state index contributed by atoms with van der Waals surface area (Å²) in [7, 11) is -2.34. The van der Waals surface area contributed by atoms with Crippen LogP contribution in [0.5, 0.6) is 5.75 Å². The number of nitrogens with one attached hydrogen (secondary N) is 1. The van der Waals surface area contributed by atoms with Gasteiger partial charge in [-0.05, 0) is 29.7 Å². The molecule has 0 aliphatic heterocycles. The summed E-state index contributed by atoms with van der Waals surface area (Å²) < 4.78 is 37.5. The highest BCUT2D eigenvalue weighted by molar-refractivity contribution is 7.89. The molecule has 9 heteroatoms. The monoisotopic (exact) mass is 421 g/mol. The third-order valence-electron chi connectivity index (χ3n) is 4.15. The first kappa shape index (κ1) is 20.3. The largest absolute Gasteiger partial charge is 0.495 e. The lowest BCUT2D eigenvalue weighted by molar-refractivity contribution is 0.376. The molecule has 1 aromatic heterocycles. The van der Waals surface area contributed by atoms with E-state index in [0.29, 0.717) is 17.5 Å². The second-order valence-electron chi connectivity index (χ2n) is 6.41. The highest BCUT2D eigenvalue weighted by atomic mass is 35.5. The molecule has 1 N–H and O–H groups in total. The lowest BCUT2D eigenvalue weighted by atomic mass is 10.0. The summed E-state index contributed by atoms with van der Waals surface area (Å²) >= 11 is 6.00. The first-order valence-electron chi connectivity index (χ1n) is 8.56. The Labute approximate surface area is 168 Å². The molecule has 0 saturated heterocycles. The van der Waals surface area contributed by atoms with Gasteiger partial charge in [-0.25, -0.2) is 13.1 Å². The highest BCUT2D eigenvalue weighted by Crippen LogP contribution is 2.27. The van der Waals surface area contributed by atoms with Crippen molar-refractivity contribution < 1.29 is 17.7 Å². The van der Waals surface area contributed by atoms with Gasteiger partial charge in [-0.2, -0.15) is 4.98 Å². The fourth-order valence-corrected chi connectivity index (χ4v) is 3.84. The van der Waals surface area contributed by atoms with E-state index in [4.69, 9.17) is 20.9 Å². The molecule has 0 spiro atoms. The Morgan fingerprint density at radius 2 is 1.89 bits per heavy atom. The Morgan fingerprint density at radius 3 is 2.50 bits per heavy atom. The normalized spacial score (nSPS) is 11.8. The number of aromatic nitrogens is 2. The first-order chi connectivity index (χ1) is 13.3. The minimum Gasteiger partial charge on any atom is -0.495 e. The second-order valence-corrected chi connectivity index (χ2v) is 8.58. The van der Waals surface area contributed by atoms with Gasteiger partial charge >= 0.3 is 0 Å². The number of rotatable bonds is 7. The molecule has 7 nitrogen and oxygen atoms in total. The van der Waals surface area contributed by atoms with Gasteiger partial charge in [0.2, 0.25) is 21.7 Å². The summed E-state index contributed by atoms with van der Waals surface area (Å²) in [5, 5.41) is 4.12. The molecule has 0 radical (unpaired) electrons. The van der Waals surface area contributed by atoms with E-state index in [1.807, 2.05) is 24.3 Å². The van der Waals surface area contributed by atoms with Crippen LogP contribution in [0.15, 0.2) is 51.9 Å². The molecule has 28 heavy (non-hydrogen) atoms. The van der Waals surface area contributed by atoms with Crippen molar-refractivity contribution in [2.24, 2.45) is 0 Å². The van der Waals surface area contributed by atoms with Crippen molar-refractivity contribution in [3.05, 3.63) is 58.9 Å². The van der Waals surface area contributed by atoms with Crippen molar-refractivity contribution in [1.29, 1.82) is 0 Å². The molecular formula is C19H20ClN3O4S. The topological polar surface area (TPSA) is 94.3 Å². The molecule has 0 atom stereocenters. The average molecular weight is 422 g/mol. The number of hydrogen-bond donors (Lipinski definition) is 1. The SMILES string of the molecule is COc1ccc(S(=O)(=O)NCc2nc(-c3ccc(C(C)C)cc3)no2)cc1Cl. The number of ether oxygens (including phenoxy) is 1. The maximum atomic E-state index is 12.4. The van der Waals surface area contributed by atoms with E-state index in [0.717, 1.165) is 5.56 Å². The first-order valence-corrected chi connectivity index (χ1v) is 10.4. The van der Waals surface area contributed by atoms with Gasteiger partial charge in [0.1, 0.15) is 5.75 Å². The smallest absolute Gasteiger partial charge is 0.242 e. The molecule has 0 amide bonds. The van der Waals surface area contributed by atoms with Crippen LogP contribution >= 0.6 is 11.6 Å². The Balaban J connectivity index is 1.70. The van der Waals surface area contributed by atoms with Gasteiger partial charge in [0, 0.05) is 5.56 Å². The number of methoxy groups -OCH3 is 1. The average Bonchev–Trinajstić information content (AvgIpc) is 3.15. The van der Waals surface area contributed by atoms with Crippen LogP contribution in [0.3, 0.4) is 0 Å². The summed E-state index contributed by atoms with van der Waals surface area (Å²) in [5.41, 5.74) is 2.00. The maximum absolute atomic E-state index is 12.4. The zero-order valence-electron chi connectivity index (χ0n) is 15.6. The van der Waals surface area contributed by atoms with E-state index in [1.54, 1.807) is 0 Å². The van der Waals surface area contributed by atoms with Crippen molar-refractivity contribution in [2.75, 3.05) is 7.11 Å². The minimum absolute atomic E-state index is 0.0160. The molecule has 0 aliphatic rings. The zero-order valence-corrected chi connectivity index (χ0v) is 17.2. The number of sulfonamides is 1. The summed E-state index contributed by atoms with van der Waals surface area (Å²) in [6.45, 7) is 4.09. The van der Waals surface area contributed by atoms with E-state index >= 15 is 0 Å². The van der Waals surface area contributed by atoms with Crippen LogP contribution in [0.25, 0.3) is 11.4 Å². The number of halogens is 1. The fraction of sp³-hybridized carbons (Fsp3) is 0.263. The molecule has 0 saturated carbocycles.